The second-order valence-corrected chi connectivity index (χ2v) is 3.37. The fourth-order valence-corrected chi connectivity index (χ4v) is 1.72. The molecule has 2 rings (SSSR count). The summed E-state index contributed by atoms with van der Waals surface area (Å²) in [4.78, 5) is 0. The summed E-state index contributed by atoms with van der Waals surface area (Å²) in [6.45, 7) is 2.32. The van der Waals surface area contributed by atoms with Crippen molar-refractivity contribution in [2.24, 2.45) is 11.0 Å². The minimum Gasteiger partial charge on any atom is -0.317 e. The van der Waals surface area contributed by atoms with E-state index in [1.54, 1.807) is 5.53 Å². The highest BCUT2D eigenvalue weighted by Crippen LogP contribution is 2.15. The molecule has 1 fully saturated rings. The van der Waals surface area contributed by atoms with E-state index in [9.17, 15) is 0 Å². The first kappa shape index (κ1) is 7.97. The number of nitrogens with one attached hydrogen (secondary N) is 3. The van der Waals surface area contributed by atoms with Crippen LogP contribution in [0.4, 0.5) is 0 Å². The minimum atomic E-state index is 0.811. The summed E-state index contributed by atoms with van der Waals surface area (Å²) in [6, 6.07) is 0. The first-order valence-electron chi connectivity index (χ1n) is 4.56. The van der Waals surface area contributed by atoms with Gasteiger partial charge in [0, 0.05) is 6.42 Å². The predicted molar refractivity (Wildman–Crippen MR) is 45.8 cm³/mol. The fourth-order valence-electron chi connectivity index (χ4n) is 1.72. The molecule has 0 amide bonds. The van der Waals surface area contributed by atoms with Gasteiger partial charge in [-0.2, -0.15) is 0 Å². The molecule has 0 atom stereocenters. The summed E-state index contributed by atoms with van der Waals surface area (Å²) in [5.74, 6) is 1.90. The van der Waals surface area contributed by atoms with Crippen LogP contribution in [0.1, 0.15) is 19.3 Å². The van der Waals surface area contributed by atoms with Crippen LogP contribution < -0.4 is 21.8 Å². The van der Waals surface area contributed by atoms with Crippen molar-refractivity contribution in [3.05, 3.63) is 0 Å². The summed E-state index contributed by atoms with van der Waals surface area (Å²) >= 11 is 0. The first-order chi connectivity index (χ1) is 5.95. The molecule has 0 spiro atoms. The van der Waals surface area contributed by atoms with Crippen molar-refractivity contribution in [1.82, 2.24) is 16.3 Å². The lowest BCUT2D eigenvalue weighted by Gasteiger charge is -2.21. The maximum Gasteiger partial charge on any atom is 0.178 e. The molecule has 0 aliphatic carbocycles. The zero-order valence-electron chi connectivity index (χ0n) is 7.14. The Hall–Kier alpha value is -0.650. The number of piperidine rings is 1. The molecular formula is C7H16N5+. The molecule has 12 heavy (non-hydrogen) atoms. The Labute approximate surface area is 71.9 Å². The Kier molecular flexibility index (Phi) is 2.55. The van der Waals surface area contributed by atoms with Crippen molar-refractivity contribution in [2.45, 2.75) is 19.3 Å². The average Bonchev–Trinajstić information content (AvgIpc) is 2.59. The molecule has 0 radical (unpaired) electrons. The van der Waals surface area contributed by atoms with Gasteiger partial charge >= 0.3 is 0 Å². The van der Waals surface area contributed by atoms with Crippen LogP contribution in [0.2, 0.25) is 0 Å². The Morgan fingerprint density at radius 2 is 2.25 bits per heavy atom. The van der Waals surface area contributed by atoms with Crippen LogP contribution >= 0.6 is 0 Å². The Morgan fingerprint density at radius 3 is 2.92 bits per heavy atom. The molecule has 68 valence electrons. The van der Waals surface area contributed by atoms with Crippen molar-refractivity contribution in [3.63, 3.8) is 0 Å². The van der Waals surface area contributed by atoms with E-state index in [1.165, 1.54) is 12.8 Å². The van der Waals surface area contributed by atoms with E-state index >= 15 is 0 Å². The van der Waals surface area contributed by atoms with Crippen molar-refractivity contribution in [1.29, 1.82) is 0 Å². The van der Waals surface area contributed by atoms with Gasteiger partial charge in [0.1, 0.15) is 0 Å². The molecule has 2 aliphatic heterocycles. The summed E-state index contributed by atoms with van der Waals surface area (Å²) in [5.41, 5.74) is 7.60. The minimum absolute atomic E-state index is 0.811. The largest absolute Gasteiger partial charge is 0.317 e. The quantitative estimate of drug-likeness (QED) is 0.373. The number of rotatable bonds is 2. The van der Waals surface area contributed by atoms with Crippen molar-refractivity contribution < 1.29 is 5.53 Å². The number of hydrogen-bond acceptors (Lipinski definition) is 4. The van der Waals surface area contributed by atoms with Gasteiger partial charge in [-0.15, -0.1) is 5.53 Å². The number of amidine groups is 1. The van der Waals surface area contributed by atoms with Crippen molar-refractivity contribution in [3.8, 4) is 0 Å². The first-order valence-corrected chi connectivity index (χ1v) is 4.56. The smallest absolute Gasteiger partial charge is 0.178 e. The zero-order valence-corrected chi connectivity index (χ0v) is 7.14. The highest BCUT2D eigenvalue weighted by atomic mass is 15.8. The molecule has 0 aromatic heterocycles. The third-order valence-corrected chi connectivity index (χ3v) is 2.44. The van der Waals surface area contributed by atoms with Gasteiger partial charge in [0.15, 0.2) is 5.84 Å². The SMILES string of the molecule is C1CC(CC2=N[NH2+]NN2)CCN1. The predicted octanol–water partition coefficient (Wildman–Crippen LogP) is -1.72. The lowest BCUT2D eigenvalue weighted by Crippen LogP contribution is -2.87. The summed E-state index contributed by atoms with van der Waals surface area (Å²) < 4.78 is 0. The Balaban J connectivity index is 1.77. The molecule has 1 saturated heterocycles. The molecular weight excluding hydrogens is 154 g/mol. The molecule has 2 heterocycles. The highest BCUT2D eigenvalue weighted by molar-refractivity contribution is 5.81. The Bertz CT molecular complexity index is 173. The van der Waals surface area contributed by atoms with E-state index in [-0.39, 0.29) is 0 Å². The van der Waals surface area contributed by atoms with Crippen LogP contribution in [0.25, 0.3) is 0 Å². The Morgan fingerprint density at radius 1 is 1.42 bits per heavy atom. The zero-order chi connectivity index (χ0) is 8.23. The molecule has 0 aromatic rings. The third kappa shape index (κ3) is 1.94. The molecule has 5 N–H and O–H groups in total. The van der Waals surface area contributed by atoms with Gasteiger partial charge < -0.3 is 5.32 Å². The maximum absolute atomic E-state index is 4.18. The number of quaternary nitrogens is 1. The van der Waals surface area contributed by atoms with Gasteiger partial charge in [-0.1, -0.05) is 5.53 Å². The second kappa shape index (κ2) is 3.84. The summed E-state index contributed by atoms with van der Waals surface area (Å²) in [6.07, 6.45) is 3.65. The lowest BCUT2D eigenvalue weighted by molar-refractivity contribution is -0.713. The van der Waals surface area contributed by atoms with E-state index in [2.05, 4.69) is 21.4 Å². The third-order valence-electron chi connectivity index (χ3n) is 2.44. The van der Waals surface area contributed by atoms with E-state index < -0.39 is 0 Å². The summed E-state index contributed by atoms with van der Waals surface area (Å²) in [5, 5.41) is 7.53. The lowest BCUT2D eigenvalue weighted by atomic mass is 9.94. The number of nitrogens with two attached hydrogens (primary N) is 1. The van der Waals surface area contributed by atoms with Crippen LogP contribution in [-0.4, -0.2) is 18.9 Å². The van der Waals surface area contributed by atoms with Crippen molar-refractivity contribution >= 4 is 5.84 Å². The normalized spacial score (nSPS) is 25.2. The highest BCUT2D eigenvalue weighted by Gasteiger charge is 2.18. The van der Waals surface area contributed by atoms with Gasteiger partial charge in [0.05, 0.1) is 0 Å². The van der Waals surface area contributed by atoms with Crippen LogP contribution in [-0.2, 0) is 0 Å². The molecule has 0 aromatic carbocycles. The van der Waals surface area contributed by atoms with Crippen molar-refractivity contribution in [2.75, 3.05) is 13.1 Å². The van der Waals surface area contributed by atoms with Gasteiger partial charge in [-0.3, -0.25) is 5.43 Å². The van der Waals surface area contributed by atoms with E-state index in [0.717, 1.165) is 31.3 Å². The van der Waals surface area contributed by atoms with Gasteiger partial charge in [0.2, 0.25) is 0 Å². The monoisotopic (exact) mass is 170 g/mol. The standard InChI is InChI=1S/C7H15N5/c1-3-8-4-2-6(1)5-7-9-11-12-10-7/h6,8,11-12H,1-5H2,(H,9,10)/p+1. The molecule has 0 saturated carbocycles. The number of nitrogens with zero attached hydrogens (tertiary/aromatic N) is 1. The average molecular weight is 170 g/mol. The molecule has 0 unspecified atom stereocenters. The molecule has 2 aliphatic rings. The summed E-state index contributed by atoms with van der Waals surface area (Å²) in [7, 11) is 0. The van der Waals surface area contributed by atoms with E-state index in [4.69, 9.17) is 0 Å². The molecule has 5 nitrogen and oxygen atoms in total. The topological polar surface area (TPSA) is 65.1 Å². The van der Waals surface area contributed by atoms with Crippen LogP contribution in [0.5, 0.6) is 0 Å². The van der Waals surface area contributed by atoms with Gasteiger partial charge in [-0.25, -0.2) is 0 Å². The van der Waals surface area contributed by atoms with Gasteiger partial charge in [0.25, 0.3) is 0 Å². The van der Waals surface area contributed by atoms with E-state index in [1.807, 2.05) is 0 Å². The van der Waals surface area contributed by atoms with Crippen LogP contribution in [0.15, 0.2) is 5.10 Å². The second-order valence-electron chi connectivity index (χ2n) is 3.37. The fraction of sp³-hybridized carbons (Fsp3) is 0.857. The molecule has 5 heteroatoms. The maximum atomic E-state index is 4.18. The number of hydrogen-bond donors (Lipinski definition) is 4. The van der Waals surface area contributed by atoms with Gasteiger partial charge in [-0.05, 0) is 37.0 Å². The molecule has 0 bridgehead atoms. The van der Waals surface area contributed by atoms with Crippen LogP contribution in [0, 0.1) is 5.92 Å². The van der Waals surface area contributed by atoms with Crippen LogP contribution in [0.3, 0.4) is 0 Å². The number of hydrazine groups is 1. The van der Waals surface area contributed by atoms with E-state index in [0.29, 0.717) is 0 Å².